The standard InChI is InChI=1S/C19H25F3N4O2/c1-18(2,3)15-10-24-16(28-15)11-26-17(23-4)25-9-13-6-5-7-14(8-13)27-12-19(20,21)22/h5-8,10H,9,11-12H2,1-4H3,(H2,23,25,26). The highest BCUT2D eigenvalue weighted by Crippen LogP contribution is 2.22. The van der Waals surface area contributed by atoms with Gasteiger partial charge in [0.2, 0.25) is 5.89 Å². The second-order valence-electron chi connectivity index (χ2n) is 7.20. The first-order chi connectivity index (χ1) is 13.1. The SMILES string of the molecule is CN=C(NCc1cccc(OCC(F)(F)F)c1)NCc1ncc(C(C)(C)C)o1. The Morgan fingerprint density at radius 1 is 1.18 bits per heavy atom. The Balaban J connectivity index is 1.86. The molecule has 0 saturated heterocycles. The smallest absolute Gasteiger partial charge is 0.422 e. The van der Waals surface area contributed by atoms with Gasteiger partial charge in [0.1, 0.15) is 11.5 Å². The number of rotatable bonds is 6. The lowest BCUT2D eigenvalue weighted by Crippen LogP contribution is -2.36. The van der Waals surface area contributed by atoms with E-state index in [-0.39, 0.29) is 11.2 Å². The molecule has 0 spiro atoms. The fourth-order valence-electron chi connectivity index (χ4n) is 2.21. The molecule has 0 atom stereocenters. The van der Waals surface area contributed by atoms with Crippen molar-refractivity contribution in [3.8, 4) is 5.75 Å². The summed E-state index contributed by atoms with van der Waals surface area (Å²) in [5.74, 6) is 2.00. The van der Waals surface area contributed by atoms with E-state index in [4.69, 9.17) is 9.15 Å². The number of nitrogens with one attached hydrogen (secondary N) is 2. The maximum atomic E-state index is 12.3. The van der Waals surface area contributed by atoms with Gasteiger partial charge in [0.25, 0.3) is 0 Å². The number of oxazole rings is 1. The van der Waals surface area contributed by atoms with Gasteiger partial charge in [-0.3, -0.25) is 4.99 Å². The minimum Gasteiger partial charge on any atom is -0.484 e. The number of ether oxygens (including phenoxy) is 1. The summed E-state index contributed by atoms with van der Waals surface area (Å²) < 4.78 is 47.2. The van der Waals surface area contributed by atoms with Crippen molar-refractivity contribution in [1.82, 2.24) is 15.6 Å². The molecule has 2 N–H and O–H groups in total. The van der Waals surface area contributed by atoms with Crippen molar-refractivity contribution in [3.05, 3.63) is 47.7 Å². The highest BCUT2D eigenvalue weighted by Gasteiger charge is 2.28. The number of nitrogens with zero attached hydrogens (tertiary/aromatic N) is 2. The fourth-order valence-corrected chi connectivity index (χ4v) is 2.21. The van der Waals surface area contributed by atoms with Gasteiger partial charge in [-0.2, -0.15) is 13.2 Å². The predicted molar refractivity (Wildman–Crippen MR) is 100 cm³/mol. The maximum absolute atomic E-state index is 12.3. The number of guanidine groups is 1. The lowest BCUT2D eigenvalue weighted by atomic mass is 9.94. The van der Waals surface area contributed by atoms with Crippen LogP contribution in [0.2, 0.25) is 0 Å². The monoisotopic (exact) mass is 398 g/mol. The van der Waals surface area contributed by atoms with Crippen LogP contribution in [0.5, 0.6) is 5.75 Å². The van der Waals surface area contributed by atoms with E-state index in [1.807, 2.05) is 20.8 Å². The zero-order valence-corrected chi connectivity index (χ0v) is 16.4. The molecule has 28 heavy (non-hydrogen) atoms. The molecule has 0 aliphatic heterocycles. The first kappa shape index (κ1) is 21.6. The van der Waals surface area contributed by atoms with Crippen molar-refractivity contribution in [2.75, 3.05) is 13.7 Å². The molecule has 154 valence electrons. The van der Waals surface area contributed by atoms with Crippen molar-refractivity contribution in [2.45, 2.75) is 45.5 Å². The van der Waals surface area contributed by atoms with E-state index in [1.54, 1.807) is 31.4 Å². The molecular formula is C19H25F3N4O2. The third-order valence-corrected chi connectivity index (χ3v) is 3.68. The zero-order chi connectivity index (χ0) is 20.8. The molecular weight excluding hydrogens is 373 g/mol. The molecule has 2 aromatic rings. The molecule has 6 nitrogen and oxygen atoms in total. The molecule has 0 fully saturated rings. The minimum atomic E-state index is -4.37. The minimum absolute atomic E-state index is 0.121. The number of aromatic nitrogens is 1. The third kappa shape index (κ3) is 7.13. The molecule has 9 heteroatoms. The van der Waals surface area contributed by atoms with Gasteiger partial charge in [0.15, 0.2) is 12.6 Å². The van der Waals surface area contributed by atoms with Crippen LogP contribution in [0.3, 0.4) is 0 Å². The number of benzene rings is 1. The summed E-state index contributed by atoms with van der Waals surface area (Å²) in [6, 6.07) is 6.46. The second-order valence-corrected chi connectivity index (χ2v) is 7.20. The Kier molecular flexibility index (Phi) is 6.93. The molecule has 1 aromatic carbocycles. The number of hydrogen-bond acceptors (Lipinski definition) is 4. The summed E-state index contributed by atoms with van der Waals surface area (Å²) in [6.45, 7) is 5.51. The molecule has 0 unspecified atom stereocenters. The Hall–Kier alpha value is -2.71. The Bertz CT molecular complexity index is 795. The Morgan fingerprint density at radius 2 is 1.89 bits per heavy atom. The maximum Gasteiger partial charge on any atom is 0.422 e. The first-order valence-electron chi connectivity index (χ1n) is 8.75. The lowest BCUT2D eigenvalue weighted by molar-refractivity contribution is -0.153. The van der Waals surface area contributed by atoms with Crippen LogP contribution in [0.25, 0.3) is 0 Å². The van der Waals surface area contributed by atoms with Crippen LogP contribution in [-0.2, 0) is 18.5 Å². The second kappa shape index (κ2) is 8.99. The van der Waals surface area contributed by atoms with Gasteiger partial charge in [-0.05, 0) is 17.7 Å². The van der Waals surface area contributed by atoms with Crippen molar-refractivity contribution in [3.63, 3.8) is 0 Å². The average Bonchev–Trinajstić information content (AvgIpc) is 3.09. The molecule has 0 bridgehead atoms. The average molecular weight is 398 g/mol. The number of aliphatic imine (C=N–C) groups is 1. The van der Waals surface area contributed by atoms with Gasteiger partial charge in [0, 0.05) is 19.0 Å². The van der Waals surface area contributed by atoms with E-state index < -0.39 is 12.8 Å². The molecule has 1 aromatic heterocycles. The van der Waals surface area contributed by atoms with E-state index in [9.17, 15) is 13.2 Å². The van der Waals surface area contributed by atoms with E-state index in [0.717, 1.165) is 11.3 Å². The van der Waals surface area contributed by atoms with Crippen LogP contribution in [0.4, 0.5) is 13.2 Å². The number of hydrogen-bond donors (Lipinski definition) is 2. The highest BCUT2D eigenvalue weighted by atomic mass is 19.4. The van der Waals surface area contributed by atoms with E-state index in [2.05, 4.69) is 20.6 Å². The van der Waals surface area contributed by atoms with Gasteiger partial charge in [0.05, 0.1) is 12.7 Å². The summed E-state index contributed by atoms with van der Waals surface area (Å²) in [4.78, 5) is 8.35. The largest absolute Gasteiger partial charge is 0.484 e. The van der Waals surface area contributed by atoms with E-state index in [0.29, 0.717) is 24.9 Å². The van der Waals surface area contributed by atoms with Crippen molar-refractivity contribution in [1.29, 1.82) is 0 Å². The van der Waals surface area contributed by atoms with Gasteiger partial charge in [-0.1, -0.05) is 32.9 Å². The summed E-state index contributed by atoms with van der Waals surface area (Å²) in [6.07, 6.45) is -2.66. The fraction of sp³-hybridized carbons (Fsp3) is 0.474. The third-order valence-electron chi connectivity index (χ3n) is 3.68. The number of halogens is 3. The Morgan fingerprint density at radius 3 is 2.50 bits per heavy atom. The van der Waals surface area contributed by atoms with Crippen LogP contribution < -0.4 is 15.4 Å². The van der Waals surface area contributed by atoms with Crippen molar-refractivity contribution >= 4 is 5.96 Å². The normalized spacial score (nSPS) is 12.8. The van der Waals surface area contributed by atoms with E-state index in [1.165, 1.54) is 6.07 Å². The van der Waals surface area contributed by atoms with Crippen LogP contribution in [-0.4, -0.2) is 30.8 Å². The molecule has 0 amide bonds. The molecule has 0 aliphatic rings. The van der Waals surface area contributed by atoms with Crippen LogP contribution >= 0.6 is 0 Å². The van der Waals surface area contributed by atoms with Gasteiger partial charge >= 0.3 is 6.18 Å². The van der Waals surface area contributed by atoms with Gasteiger partial charge in [-0.25, -0.2) is 4.98 Å². The predicted octanol–water partition coefficient (Wildman–Crippen LogP) is 3.78. The summed E-state index contributed by atoms with van der Waals surface area (Å²) in [5, 5.41) is 6.17. The molecule has 0 aliphatic carbocycles. The van der Waals surface area contributed by atoms with Crippen molar-refractivity contribution in [2.24, 2.45) is 4.99 Å². The molecule has 0 radical (unpaired) electrons. The summed E-state index contributed by atoms with van der Waals surface area (Å²) >= 11 is 0. The molecule has 1 heterocycles. The topological polar surface area (TPSA) is 71.7 Å². The lowest BCUT2D eigenvalue weighted by Gasteiger charge is -2.14. The summed E-state index contributed by atoms with van der Waals surface area (Å²) in [7, 11) is 1.62. The van der Waals surface area contributed by atoms with Crippen molar-refractivity contribution < 1.29 is 22.3 Å². The quantitative estimate of drug-likeness (QED) is 0.572. The first-order valence-corrected chi connectivity index (χ1v) is 8.75. The van der Waals surface area contributed by atoms with Crippen LogP contribution in [0.1, 0.15) is 38.0 Å². The highest BCUT2D eigenvalue weighted by molar-refractivity contribution is 5.79. The van der Waals surface area contributed by atoms with Crippen LogP contribution in [0.15, 0.2) is 39.9 Å². The van der Waals surface area contributed by atoms with E-state index >= 15 is 0 Å². The molecule has 2 rings (SSSR count). The summed E-state index contributed by atoms with van der Waals surface area (Å²) in [5.41, 5.74) is 0.637. The van der Waals surface area contributed by atoms with Gasteiger partial charge < -0.3 is 19.8 Å². The molecule has 0 saturated carbocycles. The van der Waals surface area contributed by atoms with Gasteiger partial charge in [-0.15, -0.1) is 0 Å². The van der Waals surface area contributed by atoms with Crippen LogP contribution in [0, 0.1) is 0 Å². The number of alkyl halides is 3. The zero-order valence-electron chi connectivity index (χ0n) is 16.4. The Labute approximate surface area is 162 Å².